The molecule has 0 radical (unpaired) electrons. The van der Waals surface area contributed by atoms with Gasteiger partial charge in [0.25, 0.3) is 5.91 Å². The van der Waals surface area contributed by atoms with Crippen molar-refractivity contribution >= 4 is 40.9 Å². The quantitative estimate of drug-likeness (QED) is 0.400. The molecule has 156 valence electrons. The first kappa shape index (κ1) is 21.9. The molecule has 0 unspecified atom stereocenters. The van der Waals surface area contributed by atoms with Crippen molar-refractivity contribution < 1.29 is 9.59 Å². The SMILES string of the molecule is Cc1ccc(/C=C/C(=O)NC(=S)Nc2cccc(C(=O)NCc3ccccc3)c2)cc1. The molecule has 3 aromatic carbocycles. The van der Waals surface area contributed by atoms with Crippen LogP contribution in [0.25, 0.3) is 6.08 Å². The molecular weight excluding hydrogens is 406 g/mol. The van der Waals surface area contributed by atoms with E-state index in [4.69, 9.17) is 12.2 Å². The zero-order chi connectivity index (χ0) is 22.1. The number of benzene rings is 3. The van der Waals surface area contributed by atoms with Gasteiger partial charge in [-0.1, -0.05) is 66.2 Å². The third-order valence-corrected chi connectivity index (χ3v) is 4.62. The number of rotatable bonds is 6. The maximum Gasteiger partial charge on any atom is 0.251 e. The van der Waals surface area contributed by atoms with Crippen LogP contribution in [-0.2, 0) is 11.3 Å². The summed E-state index contributed by atoms with van der Waals surface area (Å²) in [6, 6.07) is 24.4. The first-order valence-electron chi connectivity index (χ1n) is 9.78. The minimum absolute atomic E-state index is 0.153. The average Bonchev–Trinajstić information content (AvgIpc) is 2.78. The summed E-state index contributed by atoms with van der Waals surface area (Å²) in [6.07, 6.45) is 3.14. The first-order chi connectivity index (χ1) is 15.0. The fraction of sp³-hybridized carbons (Fsp3) is 0.0800. The molecule has 0 saturated heterocycles. The Balaban J connectivity index is 1.52. The van der Waals surface area contributed by atoms with Crippen molar-refractivity contribution in [2.45, 2.75) is 13.5 Å². The number of thiocarbonyl (C=S) groups is 1. The van der Waals surface area contributed by atoms with Gasteiger partial charge in [0.2, 0.25) is 5.91 Å². The monoisotopic (exact) mass is 429 g/mol. The fourth-order valence-electron chi connectivity index (χ4n) is 2.78. The number of amides is 2. The second kappa shape index (κ2) is 10.8. The van der Waals surface area contributed by atoms with E-state index in [1.807, 2.05) is 61.5 Å². The molecule has 2 amide bonds. The molecule has 3 N–H and O–H groups in total. The number of carbonyl (C=O) groups is 2. The molecule has 0 atom stereocenters. The van der Waals surface area contributed by atoms with Crippen LogP contribution in [0.3, 0.4) is 0 Å². The summed E-state index contributed by atoms with van der Waals surface area (Å²) >= 11 is 5.21. The third-order valence-electron chi connectivity index (χ3n) is 4.42. The second-order valence-electron chi connectivity index (χ2n) is 6.94. The van der Waals surface area contributed by atoms with E-state index >= 15 is 0 Å². The molecule has 3 rings (SSSR count). The molecule has 0 aliphatic carbocycles. The molecule has 3 aromatic rings. The number of aryl methyl sites for hydroxylation is 1. The van der Waals surface area contributed by atoms with Crippen LogP contribution >= 0.6 is 12.2 Å². The third kappa shape index (κ3) is 7.21. The summed E-state index contributed by atoms with van der Waals surface area (Å²) in [5.41, 5.74) is 4.21. The van der Waals surface area contributed by atoms with Crippen molar-refractivity contribution in [1.82, 2.24) is 10.6 Å². The highest BCUT2D eigenvalue weighted by molar-refractivity contribution is 7.80. The van der Waals surface area contributed by atoms with E-state index in [0.29, 0.717) is 17.8 Å². The highest BCUT2D eigenvalue weighted by Gasteiger charge is 2.07. The second-order valence-corrected chi connectivity index (χ2v) is 7.34. The summed E-state index contributed by atoms with van der Waals surface area (Å²) in [7, 11) is 0. The van der Waals surface area contributed by atoms with Gasteiger partial charge in [0.15, 0.2) is 5.11 Å². The van der Waals surface area contributed by atoms with Crippen LogP contribution < -0.4 is 16.0 Å². The van der Waals surface area contributed by atoms with Crippen molar-refractivity contribution in [1.29, 1.82) is 0 Å². The van der Waals surface area contributed by atoms with E-state index < -0.39 is 0 Å². The van der Waals surface area contributed by atoms with Crippen LogP contribution in [0.4, 0.5) is 5.69 Å². The van der Waals surface area contributed by atoms with Gasteiger partial charge in [-0.05, 0) is 54.5 Å². The summed E-state index contributed by atoms with van der Waals surface area (Å²) in [5, 5.41) is 8.57. The molecule has 6 heteroatoms. The zero-order valence-corrected chi connectivity index (χ0v) is 17.9. The van der Waals surface area contributed by atoms with Crippen LogP contribution in [-0.4, -0.2) is 16.9 Å². The molecule has 0 aliphatic heterocycles. The van der Waals surface area contributed by atoms with Crippen molar-refractivity contribution in [3.05, 3.63) is 107 Å². The van der Waals surface area contributed by atoms with E-state index in [9.17, 15) is 9.59 Å². The van der Waals surface area contributed by atoms with E-state index in [1.54, 1.807) is 30.3 Å². The van der Waals surface area contributed by atoms with Gasteiger partial charge in [0.05, 0.1) is 0 Å². The number of hydrogen-bond acceptors (Lipinski definition) is 3. The molecular formula is C25H23N3O2S. The maximum absolute atomic E-state index is 12.4. The lowest BCUT2D eigenvalue weighted by Gasteiger charge is -2.10. The van der Waals surface area contributed by atoms with Crippen LogP contribution in [0.2, 0.25) is 0 Å². The Bertz CT molecular complexity index is 1090. The first-order valence-corrected chi connectivity index (χ1v) is 10.2. The molecule has 5 nitrogen and oxygen atoms in total. The Morgan fingerprint density at radius 3 is 2.42 bits per heavy atom. The predicted octanol–water partition coefficient (Wildman–Crippen LogP) is 4.45. The Hall–Kier alpha value is -3.77. The number of hydrogen-bond donors (Lipinski definition) is 3. The Morgan fingerprint density at radius 1 is 0.935 bits per heavy atom. The number of nitrogens with one attached hydrogen (secondary N) is 3. The predicted molar refractivity (Wildman–Crippen MR) is 129 cm³/mol. The van der Waals surface area contributed by atoms with Crippen LogP contribution in [0.5, 0.6) is 0 Å². The Morgan fingerprint density at radius 2 is 1.68 bits per heavy atom. The molecule has 0 heterocycles. The summed E-state index contributed by atoms with van der Waals surface area (Å²) in [6.45, 7) is 2.45. The van der Waals surface area contributed by atoms with Gasteiger partial charge in [-0.2, -0.15) is 0 Å². The lowest BCUT2D eigenvalue weighted by atomic mass is 10.1. The highest BCUT2D eigenvalue weighted by atomic mass is 32.1. The normalized spacial score (nSPS) is 10.5. The molecule has 31 heavy (non-hydrogen) atoms. The standard InChI is InChI=1S/C25H23N3O2S/c1-18-10-12-19(13-11-18)14-15-23(29)28-25(31)27-22-9-5-8-21(16-22)24(30)26-17-20-6-3-2-4-7-20/h2-16H,17H2,1H3,(H,26,30)(H2,27,28,29,31)/b15-14+. The van der Waals surface area contributed by atoms with Crippen molar-refractivity contribution in [2.24, 2.45) is 0 Å². The van der Waals surface area contributed by atoms with Gasteiger partial charge in [-0.3, -0.25) is 14.9 Å². The molecule has 0 saturated carbocycles. The molecule has 0 aliphatic rings. The summed E-state index contributed by atoms with van der Waals surface area (Å²) < 4.78 is 0. The molecule has 0 bridgehead atoms. The fourth-order valence-corrected chi connectivity index (χ4v) is 3.00. The van der Waals surface area contributed by atoms with E-state index in [-0.39, 0.29) is 16.9 Å². The average molecular weight is 430 g/mol. The van der Waals surface area contributed by atoms with Gasteiger partial charge in [0.1, 0.15) is 0 Å². The van der Waals surface area contributed by atoms with Gasteiger partial charge in [0, 0.05) is 23.9 Å². The molecule has 0 aromatic heterocycles. The van der Waals surface area contributed by atoms with E-state index in [2.05, 4.69) is 16.0 Å². The maximum atomic E-state index is 12.4. The van der Waals surface area contributed by atoms with Crippen molar-refractivity contribution in [3.63, 3.8) is 0 Å². The van der Waals surface area contributed by atoms with Crippen molar-refractivity contribution in [3.8, 4) is 0 Å². The van der Waals surface area contributed by atoms with Crippen molar-refractivity contribution in [2.75, 3.05) is 5.32 Å². The topological polar surface area (TPSA) is 70.2 Å². The Kier molecular flexibility index (Phi) is 7.67. The van der Waals surface area contributed by atoms with E-state index in [0.717, 1.165) is 16.7 Å². The summed E-state index contributed by atoms with van der Waals surface area (Å²) in [5.74, 6) is -0.529. The molecule has 0 fully saturated rings. The number of anilines is 1. The molecule has 0 spiro atoms. The van der Waals surface area contributed by atoms with Crippen LogP contribution in [0, 0.1) is 6.92 Å². The van der Waals surface area contributed by atoms with Crippen LogP contribution in [0.1, 0.15) is 27.0 Å². The van der Waals surface area contributed by atoms with Gasteiger partial charge < -0.3 is 10.6 Å². The number of carbonyl (C=O) groups excluding carboxylic acids is 2. The van der Waals surface area contributed by atoms with Gasteiger partial charge >= 0.3 is 0 Å². The minimum Gasteiger partial charge on any atom is -0.348 e. The minimum atomic E-state index is -0.338. The smallest absolute Gasteiger partial charge is 0.251 e. The zero-order valence-electron chi connectivity index (χ0n) is 17.1. The lowest BCUT2D eigenvalue weighted by molar-refractivity contribution is -0.115. The van der Waals surface area contributed by atoms with Gasteiger partial charge in [-0.25, -0.2) is 0 Å². The lowest BCUT2D eigenvalue weighted by Crippen LogP contribution is -2.33. The van der Waals surface area contributed by atoms with E-state index in [1.165, 1.54) is 6.08 Å². The Labute approximate surface area is 187 Å². The summed E-state index contributed by atoms with van der Waals surface area (Å²) in [4.78, 5) is 24.5. The largest absolute Gasteiger partial charge is 0.348 e. The highest BCUT2D eigenvalue weighted by Crippen LogP contribution is 2.11. The van der Waals surface area contributed by atoms with Crippen LogP contribution in [0.15, 0.2) is 84.9 Å². The van der Waals surface area contributed by atoms with Gasteiger partial charge in [-0.15, -0.1) is 0 Å².